The number of carbonyl (C=O) groups is 6. The van der Waals surface area contributed by atoms with Gasteiger partial charge >= 0.3 is 35.8 Å². The topological polar surface area (TPSA) is 298 Å². The summed E-state index contributed by atoms with van der Waals surface area (Å²) in [6.45, 7) is 15.4. The van der Waals surface area contributed by atoms with Crippen molar-refractivity contribution in [2.24, 2.45) is 40.6 Å². The molecule has 0 amide bonds. The lowest BCUT2D eigenvalue weighted by Crippen LogP contribution is -2.43. The fraction of sp³-hybridized carbons (Fsp3) is 0.744. The fourth-order valence-electron chi connectivity index (χ4n) is 6.14. The highest BCUT2D eigenvalue weighted by molar-refractivity contribution is 5.76. The number of hydrogen-bond donors (Lipinski definition) is 9. The molecular weight excluding hydrogens is 732 g/mol. The van der Waals surface area contributed by atoms with E-state index < -0.39 is 35.4 Å². The van der Waals surface area contributed by atoms with Gasteiger partial charge in [0.1, 0.15) is 12.2 Å². The summed E-state index contributed by atoms with van der Waals surface area (Å²) < 4.78 is 11.6. The molecule has 3 rings (SSSR count). The SMILES string of the molecule is CCC(C)(C)C(=O)O[C@H]1C[C@@H](C)C=C2C=C[C@H](C)[C@H](CC[C@@H]3C[C@@H](O)CC(=O)O3)[C@H]21.NCCNCCNCCN.O=C(O)CCC(=O)O.O=C(O)CCC(=O)O. The number of carboxylic acids is 4. The molecule has 0 bridgehead atoms. The third-order valence-corrected chi connectivity index (χ3v) is 9.57. The number of aliphatic hydroxyl groups excluding tert-OH is 1. The standard InChI is InChI=1S/C25H38O5.C6H18N4.2C4H6O4/c1-6-25(4,5)24(28)30-21-12-15(2)11-17-8-7-16(3)20(23(17)21)10-9-19-13-18(26)14-22(27)29-19;7-1-3-9-5-6-10-4-2-8;2*5-3(6)1-2-4(7)8/h7-8,11,15-16,18-21,23,26H,6,9-10,12-14H2,1-5H3;9-10H,1-8H2;2*1-2H2,(H,5,6)(H,7,8)/t15-,16-,18+,19+,20-,21-,23-;;;/m0.../s1. The Kier molecular flexibility index (Phi) is 26.5. The molecule has 0 spiro atoms. The number of ether oxygens (including phenoxy) is 2. The summed E-state index contributed by atoms with van der Waals surface area (Å²) in [6.07, 6.45) is 8.43. The minimum absolute atomic E-state index is 0.0949. The van der Waals surface area contributed by atoms with Crippen LogP contribution in [0, 0.1) is 29.1 Å². The molecule has 1 heterocycles. The van der Waals surface area contributed by atoms with Crippen molar-refractivity contribution in [3.8, 4) is 0 Å². The van der Waals surface area contributed by atoms with Crippen LogP contribution < -0.4 is 22.1 Å². The molecule has 0 aromatic carbocycles. The Morgan fingerprint density at radius 1 is 0.839 bits per heavy atom. The Hall–Kier alpha value is -3.90. The summed E-state index contributed by atoms with van der Waals surface area (Å²) in [6, 6.07) is 0. The summed E-state index contributed by atoms with van der Waals surface area (Å²) in [5, 5.41) is 47.8. The molecule has 0 saturated carbocycles. The van der Waals surface area contributed by atoms with Gasteiger partial charge in [-0.05, 0) is 62.9 Å². The van der Waals surface area contributed by atoms with Gasteiger partial charge in [0.15, 0.2) is 0 Å². The van der Waals surface area contributed by atoms with E-state index >= 15 is 0 Å². The third-order valence-electron chi connectivity index (χ3n) is 9.57. The summed E-state index contributed by atoms with van der Waals surface area (Å²) in [5.41, 5.74) is 11.3. The summed E-state index contributed by atoms with van der Waals surface area (Å²) in [5.74, 6) is -3.53. The number of nitrogens with one attached hydrogen (secondary N) is 2. The van der Waals surface area contributed by atoms with Gasteiger partial charge in [-0.3, -0.25) is 28.8 Å². The molecule has 7 atom stereocenters. The average molecular weight is 801 g/mol. The van der Waals surface area contributed by atoms with Gasteiger partial charge in [-0.15, -0.1) is 0 Å². The molecule has 1 fully saturated rings. The van der Waals surface area contributed by atoms with Gasteiger partial charge in [0.2, 0.25) is 0 Å². The van der Waals surface area contributed by atoms with Crippen LogP contribution in [0.5, 0.6) is 0 Å². The van der Waals surface area contributed by atoms with Crippen molar-refractivity contribution in [3.63, 3.8) is 0 Å². The number of cyclic esters (lactones) is 1. The van der Waals surface area contributed by atoms with Crippen LogP contribution in [-0.4, -0.2) is 119 Å². The number of nitrogens with two attached hydrogens (primary N) is 2. The number of hydrogen-bond acceptors (Lipinski definition) is 13. The van der Waals surface area contributed by atoms with E-state index in [0.29, 0.717) is 37.3 Å². The van der Waals surface area contributed by atoms with Crippen LogP contribution in [-0.2, 0) is 38.2 Å². The van der Waals surface area contributed by atoms with E-state index in [1.165, 1.54) is 5.57 Å². The van der Waals surface area contributed by atoms with Crippen molar-refractivity contribution in [2.75, 3.05) is 39.3 Å². The normalized spacial score (nSPS) is 23.8. The molecule has 2 aliphatic carbocycles. The first-order valence-corrected chi connectivity index (χ1v) is 19.4. The first-order chi connectivity index (χ1) is 26.3. The Morgan fingerprint density at radius 3 is 1.77 bits per heavy atom. The third kappa shape index (κ3) is 23.2. The highest BCUT2D eigenvalue weighted by atomic mass is 16.6. The lowest BCUT2D eigenvalue weighted by Gasteiger charge is -2.44. The molecule has 3 aliphatic rings. The molecule has 0 aromatic heterocycles. The van der Waals surface area contributed by atoms with E-state index in [4.69, 9.17) is 41.4 Å². The van der Waals surface area contributed by atoms with E-state index in [1.54, 1.807) is 0 Å². The van der Waals surface area contributed by atoms with Crippen LogP contribution in [0.4, 0.5) is 0 Å². The second-order valence-corrected chi connectivity index (χ2v) is 14.9. The van der Waals surface area contributed by atoms with Crippen molar-refractivity contribution in [1.82, 2.24) is 10.6 Å². The molecule has 56 heavy (non-hydrogen) atoms. The van der Waals surface area contributed by atoms with Gasteiger partial charge in [-0.25, -0.2) is 0 Å². The van der Waals surface area contributed by atoms with Crippen LogP contribution in [0.25, 0.3) is 0 Å². The van der Waals surface area contributed by atoms with Crippen LogP contribution in [0.3, 0.4) is 0 Å². The zero-order valence-corrected chi connectivity index (χ0v) is 33.7. The lowest BCUT2D eigenvalue weighted by molar-refractivity contribution is -0.166. The van der Waals surface area contributed by atoms with E-state index in [1.807, 2.05) is 20.8 Å². The highest BCUT2D eigenvalue weighted by Gasteiger charge is 2.43. The number of carboxylic acid groups (broad SMARTS) is 4. The number of carbonyl (C=O) groups excluding carboxylic acids is 2. The van der Waals surface area contributed by atoms with Gasteiger partial charge in [-0.2, -0.15) is 0 Å². The molecule has 0 radical (unpaired) electrons. The zero-order chi connectivity index (χ0) is 42.8. The second-order valence-electron chi connectivity index (χ2n) is 14.9. The predicted octanol–water partition coefficient (Wildman–Crippen LogP) is 2.54. The van der Waals surface area contributed by atoms with E-state index in [0.717, 1.165) is 51.9 Å². The molecule has 17 nitrogen and oxygen atoms in total. The van der Waals surface area contributed by atoms with Crippen molar-refractivity contribution < 1.29 is 63.8 Å². The number of aliphatic carboxylic acids is 4. The number of allylic oxidation sites excluding steroid dienone is 3. The van der Waals surface area contributed by atoms with Crippen LogP contribution in [0.2, 0.25) is 0 Å². The van der Waals surface area contributed by atoms with E-state index in [2.05, 4.69) is 42.7 Å². The minimum Gasteiger partial charge on any atom is -0.481 e. The van der Waals surface area contributed by atoms with Crippen LogP contribution in [0.1, 0.15) is 98.8 Å². The largest absolute Gasteiger partial charge is 0.481 e. The van der Waals surface area contributed by atoms with Gasteiger partial charge in [0.05, 0.1) is 43.6 Å². The van der Waals surface area contributed by atoms with Gasteiger partial charge in [0.25, 0.3) is 0 Å². The molecule has 322 valence electrons. The van der Waals surface area contributed by atoms with Gasteiger partial charge in [0, 0.05) is 51.6 Å². The number of fused-ring (bicyclic) bond motifs is 1. The van der Waals surface area contributed by atoms with Crippen molar-refractivity contribution in [1.29, 1.82) is 0 Å². The Bertz CT molecular complexity index is 1230. The molecule has 0 aromatic rings. The van der Waals surface area contributed by atoms with Crippen LogP contribution in [0.15, 0.2) is 23.8 Å². The molecule has 0 unspecified atom stereocenters. The Balaban J connectivity index is 0.000000945. The highest BCUT2D eigenvalue weighted by Crippen LogP contribution is 2.45. The zero-order valence-electron chi connectivity index (χ0n) is 33.7. The monoisotopic (exact) mass is 800 g/mol. The predicted molar refractivity (Wildman–Crippen MR) is 208 cm³/mol. The molecule has 1 saturated heterocycles. The first-order valence-electron chi connectivity index (χ1n) is 19.4. The first kappa shape index (κ1) is 52.1. The molecule has 1 aliphatic heterocycles. The minimum atomic E-state index is -1.08. The average Bonchev–Trinajstić information content (AvgIpc) is 3.11. The smallest absolute Gasteiger partial charge is 0.311 e. The quantitative estimate of drug-likeness (QED) is 0.0670. The number of esters is 2. The second kappa shape index (κ2) is 28.5. The van der Waals surface area contributed by atoms with Crippen molar-refractivity contribution in [2.45, 2.75) is 117 Å². The fourth-order valence-corrected chi connectivity index (χ4v) is 6.14. The number of aliphatic hydroxyl groups is 1. The summed E-state index contributed by atoms with van der Waals surface area (Å²) in [7, 11) is 0. The maximum Gasteiger partial charge on any atom is 0.311 e. The van der Waals surface area contributed by atoms with Crippen LogP contribution >= 0.6 is 0 Å². The van der Waals surface area contributed by atoms with Gasteiger partial charge in [-0.1, -0.05) is 39.0 Å². The van der Waals surface area contributed by atoms with E-state index in [9.17, 15) is 33.9 Å². The lowest BCUT2D eigenvalue weighted by atomic mass is 9.65. The maximum absolute atomic E-state index is 12.9. The molecular formula is C39H68N4O13. The summed E-state index contributed by atoms with van der Waals surface area (Å²) >= 11 is 0. The van der Waals surface area contributed by atoms with Gasteiger partial charge < -0.3 is 57.1 Å². The van der Waals surface area contributed by atoms with Crippen molar-refractivity contribution in [3.05, 3.63) is 23.8 Å². The summed E-state index contributed by atoms with van der Waals surface area (Å²) in [4.78, 5) is 63.1. The maximum atomic E-state index is 12.9. The molecule has 17 heteroatoms. The molecule has 11 N–H and O–H groups in total. The van der Waals surface area contributed by atoms with E-state index in [-0.39, 0.29) is 62.2 Å². The Labute approximate surface area is 330 Å². The Morgan fingerprint density at radius 2 is 1.34 bits per heavy atom. The van der Waals surface area contributed by atoms with Crippen molar-refractivity contribution >= 4 is 35.8 Å². The number of rotatable bonds is 19.